The third-order valence-corrected chi connectivity index (χ3v) is 2.87. The Morgan fingerprint density at radius 2 is 2.19 bits per heavy atom. The molecule has 1 aromatic heterocycles. The topological polar surface area (TPSA) is 112 Å². The van der Waals surface area contributed by atoms with Crippen molar-refractivity contribution in [1.29, 1.82) is 5.26 Å². The van der Waals surface area contributed by atoms with Gasteiger partial charge in [0.2, 0.25) is 0 Å². The van der Waals surface area contributed by atoms with E-state index in [0.29, 0.717) is 11.4 Å². The number of benzene rings is 1. The lowest BCUT2D eigenvalue weighted by Crippen LogP contribution is -2.04. The molecule has 21 heavy (non-hydrogen) atoms. The number of pyridine rings is 1. The average Bonchev–Trinajstić information content (AvgIpc) is 2.47. The minimum absolute atomic E-state index is 0.0496. The first-order valence-electron chi connectivity index (χ1n) is 6.09. The van der Waals surface area contributed by atoms with Crippen LogP contribution >= 0.6 is 0 Å². The Hall–Kier alpha value is -3.14. The van der Waals surface area contributed by atoms with Crippen molar-refractivity contribution in [2.24, 2.45) is 0 Å². The Labute approximate surface area is 120 Å². The van der Waals surface area contributed by atoms with Crippen molar-refractivity contribution in [3.8, 4) is 11.8 Å². The summed E-state index contributed by atoms with van der Waals surface area (Å²) in [6.07, 6.45) is 0. The standard InChI is InChI=1S/C14H12N4O3/c1-9-2-5-14(19)13(17-9)8-16-12-4-3-11(18(20)21)6-10(12)7-15/h2-6,16,19H,8H2,1H3. The Bertz CT molecular complexity index is 737. The maximum Gasteiger partial charge on any atom is 0.270 e. The molecule has 1 aromatic carbocycles. The van der Waals surface area contributed by atoms with Crippen LogP contribution in [0.1, 0.15) is 17.0 Å². The molecule has 7 nitrogen and oxygen atoms in total. The van der Waals surface area contributed by atoms with Gasteiger partial charge in [0, 0.05) is 17.8 Å². The second-order valence-electron chi connectivity index (χ2n) is 4.37. The summed E-state index contributed by atoms with van der Waals surface area (Å²) in [6.45, 7) is 2.01. The number of non-ortho nitro benzene ring substituents is 1. The number of nitrogens with zero attached hydrogens (tertiary/aromatic N) is 3. The lowest BCUT2D eigenvalue weighted by atomic mass is 10.1. The van der Waals surface area contributed by atoms with Gasteiger partial charge in [-0.3, -0.25) is 15.1 Å². The molecule has 0 aliphatic rings. The highest BCUT2D eigenvalue weighted by atomic mass is 16.6. The van der Waals surface area contributed by atoms with Gasteiger partial charge in [0.05, 0.1) is 22.7 Å². The van der Waals surface area contributed by atoms with Crippen molar-refractivity contribution < 1.29 is 10.0 Å². The van der Waals surface area contributed by atoms with E-state index in [1.54, 1.807) is 19.1 Å². The molecule has 7 heteroatoms. The van der Waals surface area contributed by atoms with Gasteiger partial charge in [-0.1, -0.05) is 0 Å². The first kappa shape index (κ1) is 14.3. The number of aryl methyl sites for hydroxylation is 1. The predicted molar refractivity (Wildman–Crippen MR) is 75.8 cm³/mol. The number of nitrogens with one attached hydrogen (secondary N) is 1. The summed E-state index contributed by atoms with van der Waals surface area (Å²) >= 11 is 0. The summed E-state index contributed by atoms with van der Waals surface area (Å²) in [7, 11) is 0. The fraction of sp³-hybridized carbons (Fsp3) is 0.143. The summed E-state index contributed by atoms with van der Waals surface area (Å²) in [5, 5.41) is 32.4. The molecule has 1 heterocycles. The van der Waals surface area contributed by atoms with Crippen molar-refractivity contribution in [3.63, 3.8) is 0 Å². The molecule has 0 amide bonds. The maximum absolute atomic E-state index is 10.7. The van der Waals surface area contributed by atoms with Gasteiger partial charge in [-0.05, 0) is 25.1 Å². The van der Waals surface area contributed by atoms with Crippen LogP contribution in [-0.2, 0) is 6.54 Å². The van der Waals surface area contributed by atoms with Gasteiger partial charge in [0.1, 0.15) is 17.5 Å². The van der Waals surface area contributed by atoms with Crippen molar-refractivity contribution in [2.45, 2.75) is 13.5 Å². The van der Waals surface area contributed by atoms with Gasteiger partial charge in [-0.15, -0.1) is 0 Å². The largest absolute Gasteiger partial charge is 0.506 e. The molecule has 0 radical (unpaired) electrons. The second kappa shape index (κ2) is 5.88. The smallest absolute Gasteiger partial charge is 0.270 e. The van der Waals surface area contributed by atoms with E-state index in [9.17, 15) is 15.2 Å². The quantitative estimate of drug-likeness (QED) is 0.658. The number of rotatable bonds is 4. The molecule has 0 atom stereocenters. The molecule has 0 spiro atoms. The Balaban J connectivity index is 2.22. The van der Waals surface area contributed by atoms with Gasteiger partial charge < -0.3 is 10.4 Å². The predicted octanol–water partition coefficient (Wildman–Crippen LogP) is 2.49. The summed E-state index contributed by atoms with van der Waals surface area (Å²) < 4.78 is 0. The third-order valence-electron chi connectivity index (χ3n) is 2.87. The first-order valence-corrected chi connectivity index (χ1v) is 6.09. The first-order chi connectivity index (χ1) is 10.0. The number of hydrogen-bond acceptors (Lipinski definition) is 6. The summed E-state index contributed by atoms with van der Waals surface area (Å²) in [5.41, 5.74) is 1.67. The minimum Gasteiger partial charge on any atom is -0.506 e. The third kappa shape index (κ3) is 3.25. The van der Waals surface area contributed by atoms with E-state index in [0.717, 1.165) is 5.69 Å². The van der Waals surface area contributed by atoms with Crippen molar-refractivity contribution in [1.82, 2.24) is 4.98 Å². The number of aromatic nitrogens is 1. The maximum atomic E-state index is 10.7. The van der Waals surface area contributed by atoms with Crippen LogP contribution in [0.3, 0.4) is 0 Å². The lowest BCUT2D eigenvalue weighted by Gasteiger charge is -2.09. The molecule has 0 fully saturated rings. The molecule has 2 N–H and O–H groups in total. The fourth-order valence-corrected chi connectivity index (χ4v) is 1.80. The van der Waals surface area contributed by atoms with E-state index >= 15 is 0 Å². The molecular formula is C14H12N4O3. The van der Waals surface area contributed by atoms with Crippen LogP contribution in [0.15, 0.2) is 30.3 Å². The molecule has 0 saturated carbocycles. The summed E-state index contributed by atoms with van der Waals surface area (Å²) in [4.78, 5) is 14.3. The van der Waals surface area contributed by atoms with Crippen LogP contribution in [-0.4, -0.2) is 15.0 Å². The van der Waals surface area contributed by atoms with Crippen LogP contribution in [0.2, 0.25) is 0 Å². The van der Waals surface area contributed by atoms with Crippen LogP contribution in [0.4, 0.5) is 11.4 Å². The van der Waals surface area contributed by atoms with Gasteiger partial charge in [0.15, 0.2) is 0 Å². The summed E-state index contributed by atoms with van der Waals surface area (Å²) in [5.74, 6) is 0.0496. The van der Waals surface area contributed by atoms with E-state index in [1.807, 2.05) is 6.07 Å². The molecule has 0 aliphatic carbocycles. The number of nitro benzene ring substituents is 1. The molecule has 0 bridgehead atoms. The van der Waals surface area contributed by atoms with E-state index < -0.39 is 4.92 Å². The van der Waals surface area contributed by atoms with E-state index in [-0.39, 0.29) is 23.5 Å². The molecule has 2 rings (SSSR count). The second-order valence-corrected chi connectivity index (χ2v) is 4.37. The van der Waals surface area contributed by atoms with Crippen LogP contribution in [0.25, 0.3) is 0 Å². The molecule has 106 valence electrons. The highest BCUT2D eigenvalue weighted by Crippen LogP contribution is 2.23. The average molecular weight is 284 g/mol. The van der Waals surface area contributed by atoms with Gasteiger partial charge >= 0.3 is 0 Å². The number of hydrogen-bond donors (Lipinski definition) is 2. The van der Waals surface area contributed by atoms with Crippen LogP contribution < -0.4 is 5.32 Å². The number of aromatic hydroxyl groups is 1. The summed E-state index contributed by atoms with van der Waals surface area (Å²) in [6, 6.07) is 9.11. The highest BCUT2D eigenvalue weighted by molar-refractivity contribution is 5.61. The van der Waals surface area contributed by atoms with Gasteiger partial charge in [-0.2, -0.15) is 5.26 Å². The zero-order valence-electron chi connectivity index (χ0n) is 11.2. The Morgan fingerprint density at radius 3 is 2.86 bits per heavy atom. The van der Waals surface area contributed by atoms with E-state index in [2.05, 4.69) is 10.3 Å². The number of anilines is 1. The normalized spacial score (nSPS) is 9.90. The zero-order valence-corrected chi connectivity index (χ0v) is 11.2. The molecule has 0 aliphatic heterocycles. The Kier molecular flexibility index (Phi) is 4.00. The number of nitriles is 1. The van der Waals surface area contributed by atoms with Crippen LogP contribution in [0.5, 0.6) is 5.75 Å². The highest BCUT2D eigenvalue weighted by Gasteiger charge is 2.11. The van der Waals surface area contributed by atoms with Crippen molar-refractivity contribution in [2.75, 3.05) is 5.32 Å². The monoisotopic (exact) mass is 284 g/mol. The molecule has 0 saturated heterocycles. The van der Waals surface area contributed by atoms with Crippen molar-refractivity contribution in [3.05, 3.63) is 57.4 Å². The van der Waals surface area contributed by atoms with Crippen LogP contribution in [0, 0.1) is 28.4 Å². The SMILES string of the molecule is Cc1ccc(O)c(CNc2ccc([N+](=O)[O-])cc2C#N)n1. The molecule has 2 aromatic rings. The van der Waals surface area contributed by atoms with E-state index in [4.69, 9.17) is 5.26 Å². The minimum atomic E-state index is -0.557. The van der Waals surface area contributed by atoms with E-state index in [1.165, 1.54) is 18.2 Å². The lowest BCUT2D eigenvalue weighted by molar-refractivity contribution is -0.384. The Morgan fingerprint density at radius 1 is 1.43 bits per heavy atom. The molecular weight excluding hydrogens is 272 g/mol. The van der Waals surface area contributed by atoms with Gasteiger partial charge in [-0.25, -0.2) is 0 Å². The van der Waals surface area contributed by atoms with Crippen molar-refractivity contribution >= 4 is 11.4 Å². The van der Waals surface area contributed by atoms with Gasteiger partial charge in [0.25, 0.3) is 5.69 Å². The zero-order chi connectivity index (χ0) is 15.4. The number of nitro groups is 1. The molecule has 0 unspecified atom stereocenters. The fourth-order valence-electron chi connectivity index (χ4n) is 1.80.